The van der Waals surface area contributed by atoms with E-state index in [2.05, 4.69) is 15.9 Å². The van der Waals surface area contributed by atoms with Gasteiger partial charge in [-0.1, -0.05) is 22.0 Å². The van der Waals surface area contributed by atoms with E-state index in [9.17, 15) is 18.3 Å². The second-order valence-electron chi connectivity index (χ2n) is 4.19. The number of hydrogen-bond donors (Lipinski definition) is 1. The summed E-state index contributed by atoms with van der Waals surface area (Å²) in [6, 6.07) is 6.23. The fraction of sp³-hybridized carbons (Fsp3) is 0.143. The molecule has 2 aromatic carbocycles. The quantitative estimate of drug-likeness (QED) is 0.816. The molecule has 2 aromatic rings. The maximum atomic E-state index is 13.6. The summed E-state index contributed by atoms with van der Waals surface area (Å²) in [7, 11) is 0. The number of aliphatic hydroxyl groups excluding tert-OH is 1. The average Bonchev–Trinajstić information content (AvgIpc) is 2.36. The average molecular weight is 331 g/mol. The van der Waals surface area contributed by atoms with Gasteiger partial charge >= 0.3 is 0 Å². The molecule has 1 nitrogen and oxygen atoms in total. The van der Waals surface area contributed by atoms with Crippen LogP contribution in [0.2, 0.25) is 0 Å². The van der Waals surface area contributed by atoms with Gasteiger partial charge < -0.3 is 5.11 Å². The van der Waals surface area contributed by atoms with Crippen LogP contribution in [0.15, 0.2) is 34.8 Å². The summed E-state index contributed by atoms with van der Waals surface area (Å²) in [6.45, 7) is 1.74. The Morgan fingerprint density at radius 2 is 1.58 bits per heavy atom. The molecule has 0 aliphatic carbocycles. The van der Waals surface area contributed by atoms with Crippen molar-refractivity contribution in [2.45, 2.75) is 13.0 Å². The molecule has 0 amide bonds. The van der Waals surface area contributed by atoms with Crippen LogP contribution in [0.5, 0.6) is 0 Å². The van der Waals surface area contributed by atoms with Gasteiger partial charge in [-0.2, -0.15) is 0 Å². The molecule has 0 bridgehead atoms. The highest BCUT2D eigenvalue weighted by Crippen LogP contribution is 2.30. The predicted molar refractivity (Wildman–Crippen MR) is 69.3 cm³/mol. The van der Waals surface area contributed by atoms with Crippen LogP contribution in [0.25, 0.3) is 0 Å². The Labute approximate surface area is 116 Å². The van der Waals surface area contributed by atoms with Gasteiger partial charge in [0.05, 0.1) is 0 Å². The summed E-state index contributed by atoms with van der Waals surface area (Å²) in [5, 5.41) is 10.1. The van der Waals surface area contributed by atoms with E-state index >= 15 is 0 Å². The number of hydrogen-bond acceptors (Lipinski definition) is 1. The van der Waals surface area contributed by atoms with Crippen molar-refractivity contribution in [1.82, 2.24) is 0 Å². The van der Waals surface area contributed by atoms with Gasteiger partial charge in [-0.05, 0) is 36.2 Å². The zero-order valence-corrected chi connectivity index (χ0v) is 11.5. The molecule has 0 aromatic heterocycles. The third-order valence-corrected chi connectivity index (χ3v) is 3.36. The lowest BCUT2D eigenvalue weighted by Gasteiger charge is -2.15. The van der Waals surface area contributed by atoms with Crippen LogP contribution in [-0.4, -0.2) is 5.11 Å². The summed E-state index contributed by atoms with van der Waals surface area (Å²) >= 11 is 3.24. The first-order valence-electron chi connectivity index (χ1n) is 5.48. The summed E-state index contributed by atoms with van der Waals surface area (Å²) in [6.07, 6.45) is -1.35. The predicted octanol–water partition coefficient (Wildman–Crippen LogP) is 4.26. The molecule has 19 heavy (non-hydrogen) atoms. The molecule has 0 aliphatic heterocycles. The minimum atomic E-state index is -1.35. The normalized spacial score (nSPS) is 12.5. The molecular formula is C14H10BrF3O. The highest BCUT2D eigenvalue weighted by Gasteiger charge is 2.20. The van der Waals surface area contributed by atoms with Gasteiger partial charge in [0.15, 0.2) is 11.6 Å². The molecule has 0 saturated heterocycles. The number of halogens is 4. The van der Waals surface area contributed by atoms with Crippen molar-refractivity contribution in [1.29, 1.82) is 0 Å². The van der Waals surface area contributed by atoms with E-state index in [4.69, 9.17) is 0 Å². The third-order valence-electron chi connectivity index (χ3n) is 2.87. The van der Waals surface area contributed by atoms with Gasteiger partial charge in [-0.3, -0.25) is 0 Å². The van der Waals surface area contributed by atoms with Crippen molar-refractivity contribution < 1.29 is 18.3 Å². The molecule has 0 saturated carbocycles. The number of benzene rings is 2. The highest BCUT2D eigenvalue weighted by atomic mass is 79.9. The Bertz CT molecular complexity index is 628. The number of aliphatic hydroxyl groups is 1. The van der Waals surface area contributed by atoms with Crippen molar-refractivity contribution in [3.05, 3.63) is 68.9 Å². The maximum absolute atomic E-state index is 13.6. The molecule has 0 heterocycles. The fourth-order valence-electron chi connectivity index (χ4n) is 1.82. The van der Waals surface area contributed by atoms with E-state index in [1.807, 2.05) is 0 Å². The molecule has 1 N–H and O–H groups in total. The molecular weight excluding hydrogens is 321 g/mol. The zero-order valence-electron chi connectivity index (χ0n) is 9.92. The Balaban J connectivity index is 2.52. The van der Waals surface area contributed by atoms with Crippen LogP contribution >= 0.6 is 15.9 Å². The summed E-state index contributed by atoms with van der Waals surface area (Å²) in [5.74, 6) is -3.45. The Hall–Kier alpha value is -1.33. The molecule has 0 radical (unpaired) electrons. The van der Waals surface area contributed by atoms with Crippen LogP contribution in [0, 0.1) is 24.4 Å². The molecule has 2 rings (SSSR count). The van der Waals surface area contributed by atoms with Gasteiger partial charge in [-0.15, -0.1) is 0 Å². The van der Waals surface area contributed by atoms with Gasteiger partial charge in [0.25, 0.3) is 0 Å². The van der Waals surface area contributed by atoms with Gasteiger partial charge in [0, 0.05) is 16.1 Å². The first-order valence-corrected chi connectivity index (χ1v) is 6.28. The Morgan fingerprint density at radius 3 is 2.26 bits per heavy atom. The molecule has 100 valence electrons. The second-order valence-corrected chi connectivity index (χ2v) is 5.11. The first kappa shape index (κ1) is 14.1. The number of rotatable bonds is 2. The summed E-state index contributed by atoms with van der Waals surface area (Å²) in [4.78, 5) is 0. The van der Waals surface area contributed by atoms with E-state index in [0.717, 1.165) is 5.56 Å². The molecule has 0 spiro atoms. The summed E-state index contributed by atoms with van der Waals surface area (Å²) < 4.78 is 40.3. The fourth-order valence-corrected chi connectivity index (χ4v) is 2.20. The monoisotopic (exact) mass is 330 g/mol. The van der Waals surface area contributed by atoms with Gasteiger partial charge in [0.1, 0.15) is 11.9 Å². The van der Waals surface area contributed by atoms with Crippen LogP contribution in [0.3, 0.4) is 0 Å². The maximum Gasteiger partial charge on any atom is 0.161 e. The van der Waals surface area contributed by atoms with Crippen molar-refractivity contribution in [3.8, 4) is 0 Å². The minimum absolute atomic E-state index is 0.292. The zero-order chi connectivity index (χ0) is 14.2. The van der Waals surface area contributed by atoms with Gasteiger partial charge in [-0.25, -0.2) is 13.2 Å². The number of aryl methyl sites for hydroxylation is 1. The van der Waals surface area contributed by atoms with Crippen molar-refractivity contribution in [2.24, 2.45) is 0 Å². The van der Waals surface area contributed by atoms with Crippen molar-refractivity contribution >= 4 is 15.9 Å². The molecule has 5 heteroatoms. The molecule has 0 fully saturated rings. The molecule has 1 atom stereocenters. The van der Waals surface area contributed by atoms with Crippen LogP contribution < -0.4 is 0 Å². The SMILES string of the molecule is Cc1ccc(Br)cc1C(O)c1cc(F)c(F)cc1F. The van der Waals surface area contributed by atoms with E-state index < -0.39 is 23.6 Å². The van der Waals surface area contributed by atoms with Crippen molar-refractivity contribution in [3.63, 3.8) is 0 Å². The summed E-state index contributed by atoms with van der Waals surface area (Å²) in [5.41, 5.74) is 0.860. The smallest absolute Gasteiger partial charge is 0.161 e. The lowest BCUT2D eigenvalue weighted by atomic mass is 9.97. The highest BCUT2D eigenvalue weighted by molar-refractivity contribution is 9.10. The lowest BCUT2D eigenvalue weighted by molar-refractivity contribution is 0.213. The van der Waals surface area contributed by atoms with Crippen molar-refractivity contribution in [2.75, 3.05) is 0 Å². The molecule has 0 aliphatic rings. The van der Waals surface area contributed by atoms with E-state index in [-0.39, 0.29) is 5.56 Å². The van der Waals surface area contributed by atoms with Crippen LogP contribution in [0.4, 0.5) is 13.2 Å². The topological polar surface area (TPSA) is 20.2 Å². The van der Waals surface area contributed by atoms with E-state index in [0.29, 0.717) is 22.2 Å². The third kappa shape index (κ3) is 2.82. The molecule has 1 unspecified atom stereocenters. The van der Waals surface area contributed by atoms with Gasteiger partial charge in [0.2, 0.25) is 0 Å². The van der Waals surface area contributed by atoms with E-state index in [1.54, 1.807) is 25.1 Å². The Kier molecular flexibility index (Phi) is 3.96. The lowest BCUT2D eigenvalue weighted by Crippen LogP contribution is -2.06. The minimum Gasteiger partial charge on any atom is -0.384 e. The van der Waals surface area contributed by atoms with Crippen LogP contribution in [-0.2, 0) is 0 Å². The standard InChI is InChI=1S/C14H10BrF3O/c1-7-2-3-8(15)4-9(7)14(19)10-5-12(17)13(18)6-11(10)16/h2-6,14,19H,1H3. The van der Waals surface area contributed by atoms with E-state index in [1.165, 1.54) is 0 Å². The Morgan fingerprint density at radius 1 is 0.947 bits per heavy atom. The second kappa shape index (κ2) is 5.35. The first-order chi connectivity index (χ1) is 8.90. The van der Waals surface area contributed by atoms with Crippen LogP contribution in [0.1, 0.15) is 22.8 Å². The largest absolute Gasteiger partial charge is 0.384 e.